The highest BCUT2D eigenvalue weighted by Crippen LogP contribution is 2.67. The molecule has 10 fully saturated rings. The average molecular weight is 1030 g/mol. The Balaban J connectivity index is 0.966. The fourth-order valence-electron chi connectivity index (χ4n) is 22.0. The minimum absolute atomic E-state index is 0.572. The van der Waals surface area contributed by atoms with Crippen molar-refractivity contribution in [2.75, 3.05) is 0 Å². The van der Waals surface area contributed by atoms with Gasteiger partial charge in [-0.3, -0.25) is 9.80 Å². The third kappa shape index (κ3) is 13.7. The Bertz CT molecular complexity index is 1470. The molecule has 0 bridgehead atoms. The first-order valence-electron chi connectivity index (χ1n) is 35.1. The Morgan fingerprint density at radius 1 is 0.324 bits per heavy atom. The number of rotatable bonds is 22. The SMILES string of the molecule is CCCCCCCCC1CCC(N(C2CCC(C)CC2)C2CCC3C(C4CCCC(F)C4)CC4C5C(CCC4N(C4CCC(C)CC4)C4CCC(CCCCCCCC)CC4)C(C4CCCC(F)C4)CC2C35)CC1. The molecule has 10 rings (SSSR count). The quantitative estimate of drug-likeness (QED) is 0.0997. The zero-order chi connectivity index (χ0) is 51.0. The van der Waals surface area contributed by atoms with Crippen molar-refractivity contribution in [3.63, 3.8) is 0 Å². The van der Waals surface area contributed by atoms with Gasteiger partial charge < -0.3 is 0 Å². The lowest BCUT2D eigenvalue weighted by molar-refractivity contribution is -0.196. The van der Waals surface area contributed by atoms with Crippen LogP contribution in [0.5, 0.6) is 0 Å². The van der Waals surface area contributed by atoms with Gasteiger partial charge in [0.25, 0.3) is 0 Å². The minimum Gasteiger partial charge on any atom is -0.294 e. The molecule has 0 amide bonds. The normalized spacial score (nSPS) is 45.1. The number of halogens is 2. The smallest absolute Gasteiger partial charge is 0.100 e. The van der Waals surface area contributed by atoms with E-state index in [1.165, 1.54) is 244 Å². The zero-order valence-electron chi connectivity index (χ0n) is 49.5. The van der Waals surface area contributed by atoms with Crippen LogP contribution in [0, 0.1) is 82.9 Å². The van der Waals surface area contributed by atoms with Crippen molar-refractivity contribution < 1.29 is 8.78 Å². The minimum atomic E-state index is -0.572. The maximum atomic E-state index is 16.0. The average Bonchev–Trinajstić information content (AvgIpc) is 3.43. The van der Waals surface area contributed by atoms with E-state index >= 15 is 8.78 Å². The summed E-state index contributed by atoms with van der Waals surface area (Å²) in [5, 5.41) is 0. The molecule has 14 unspecified atom stereocenters. The first kappa shape index (κ1) is 57.0. The van der Waals surface area contributed by atoms with E-state index in [0.717, 1.165) is 146 Å². The molecule has 4 heteroatoms. The highest BCUT2D eigenvalue weighted by atomic mass is 19.1. The zero-order valence-corrected chi connectivity index (χ0v) is 49.5. The molecule has 0 saturated heterocycles. The fraction of sp³-hybridized carbons (Fsp3) is 1.00. The summed E-state index contributed by atoms with van der Waals surface area (Å²) in [5.41, 5.74) is 0. The van der Waals surface area contributed by atoms with Crippen molar-refractivity contribution in [3.8, 4) is 0 Å². The van der Waals surface area contributed by atoms with Crippen LogP contribution >= 0.6 is 0 Å². The van der Waals surface area contributed by atoms with Gasteiger partial charge in [-0.15, -0.1) is 0 Å². The molecular weight excluding hydrogens is 907 g/mol. The standard InChI is InChI=1S/C70H122F2N2/c1-5-7-9-11-13-15-19-51-29-37-59(38-30-51)73(57-33-25-49(3)26-34-57)67-43-41-61-64(54-22-18-24-56(72)46-54)48-66-68(44-42-62-63(47-65(67)69(61)70(62)66)53-21-17-23-55(71)45-53)74(58-35-27-50(4)28-36-58)60-39-31-52(32-40-60)20-16-14-12-10-8-6-2/h49-70H,5-48H2,1-4H3. The third-order valence-corrected chi connectivity index (χ3v) is 25.7. The Kier molecular flexibility index (Phi) is 21.6. The van der Waals surface area contributed by atoms with Crippen molar-refractivity contribution in [1.82, 2.24) is 9.80 Å². The number of hydrogen-bond acceptors (Lipinski definition) is 2. The van der Waals surface area contributed by atoms with E-state index in [-0.39, 0.29) is 0 Å². The van der Waals surface area contributed by atoms with Crippen LogP contribution in [0.3, 0.4) is 0 Å². The second-order valence-electron chi connectivity index (χ2n) is 30.1. The predicted molar refractivity (Wildman–Crippen MR) is 311 cm³/mol. The Morgan fingerprint density at radius 3 is 1.04 bits per heavy atom. The van der Waals surface area contributed by atoms with Gasteiger partial charge in [-0.2, -0.15) is 0 Å². The van der Waals surface area contributed by atoms with Crippen molar-refractivity contribution in [3.05, 3.63) is 0 Å². The highest BCUT2D eigenvalue weighted by molar-refractivity contribution is 5.14. The van der Waals surface area contributed by atoms with E-state index in [1.54, 1.807) is 0 Å². The molecule has 0 aromatic rings. The lowest BCUT2D eigenvalue weighted by Gasteiger charge is -2.68. The van der Waals surface area contributed by atoms with E-state index in [1.807, 2.05) is 0 Å². The molecule has 0 aliphatic heterocycles. The van der Waals surface area contributed by atoms with Crippen molar-refractivity contribution in [2.24, 2.45) is 82.9 Å². The summed E-state index contributed by atoms with van der Waals surface area (Å²) in [4.78, 5) is 6.83. The lowest BCUT2D eigenvalue weighted by Crippen LogP contribution is -2.67. The molecule has 0 spiro atoms. The summed E-state index contributed by atoms with van der Waals surface area (Å²) in [5.74, 6) is 11.2. The molecule has 14 atom stereocenters. The lowest BCUT2D eigenvalue weighted by atomic mass is 9.40. The Hall–Kier alpha value is -0.220. The topological polar surface area (TPSA) is 6.48 Å². The highest BCUT2D eigenvalue weighted by Gasteiger charge is 2.64. The number of alkyl halides is 2. The van der Waals surface area contributed by atoms with Crippen LogP contribution in [0.1, 0.15) is 310 Å². The molecule has 10 aliphatic carbocycles. The van der Waals surface area contributed by atoms with Crippen LogP contribution in [-0.2, 0) is 0 Å². The summed E-state index contributed by atoms with van der Waals surface area (Å²) in [7, 11) is 0. The molecule has 10 aliphatic rings. The molecule has 426 valence electrons. The molecular formula is C70H122F2N2. The van der Waals surface area contributed by atoms with Gasteiger partial charge >= 0.3 is 0 Å². The van der Waals surface area contributed by atoms with Crippen LogP contribution in [0.25, 0.3) is 0 Å². The van der Waals surface area contributed by atoms with Crippen molar-refractivity contribution >= 4 is 0 Å². The summed E-state index contributed by atoms with van der Waals surface area (Å²) < 4.78 is 32.0. The van der Waals surface area contributed by atoms with Gasteiger partial charge in [0.2, 0.25) is 0 Å². The third-order valence-electron chi connectivity index (χ3n) is 25.7. The molecule has 74 heavy (non-hydrogen) atoms. The number of unbranched alkanes of at least 4 members (excludes halogenated alkanes) is 10. The van der Waals surface area contributed by atoms with E-state index < -0.39 is 12.3 Å². The second kappa shape index (κ2) is 28.0. The molecule has 0 aromatic heterocycles. The molecule has 0 radical (unpaired) electrons. The van der Waals surface area contributed by atoms with E-state index in [2.05, 4.69) is 37.5 Å². The number of nitrogens with zero attached hydrogens (tertiary/aromatic N) is 2. The van der Waals surface area contributed by atoms with Gasteiger partial charge in [-0.1, -0.05) is 130 Å². The van der Waals surface area contributed by atoms with Crippen LogP contribution in [0.15, 0.2) is 0 Å². The van der Waals surface area contributed by atoms with Gasteiger partial charge in [-0.05, 0) is 263 Å². The van der Waals surface area contributed by atoms with Gasteiger partial charge in [0.1, 0.15) is 12.3 Å². The maximum Gasteiger partial charge on any atom is 0.100 e. The molecule has 2 nitrogen and oxygen atoms in total. The molecule has 0 heterocycles. The fourth-order valence-corrected chi connectivity index (χ4v) is 22.0. The van der Waals surface area contributed by atoms with E-state index in [0.29, 0.717) is 11.8 Å². The maximum absolute atomic E-state index is 16.0. The van der Waals surface area contributed by atoms with Crippen molar-refractivity contribution in [1.29, 1.82) is 0 Å². The van der Waals surface area contributed by atoms with Gasteiger partial charge in [0.15, 0.2) is 0 Å². The Labute approximate surface area is 458 Å². The summed E-state index contributed by atoms with van der Waals surface area (Å²) in [6.45, 7) is 9.82. The van der Waals surface area contributed by atoms with Gasteiger partial charge in [-0.25, -0.2) is 8.78 Å². The van der Waals surface area contributed by atoms with Gasteiger partial charge in [0.05, 0.1) is 0 Å². The first-order chi connectivity index (χ1) is 36.3. The van der Waals surface area contributed by atoms with Crippen LogP contribution in [-0.4, -0.2) is 58.4 Å². The van der Waals surface area contributed by atoms with E-state index in [4.69, 9.17) is 0 Å². The van der Waals surface area contributed by atoms with Crippen LogP contribution in [0.4, 0.5) is 8.78 Å². The van der Waals surface area contributed by atoms with Crippen molar-refractivity contribution in [2.45, 2.75) is 359 Å². The largest absolute Gasteiger partial charge is 0.294 e. The predicted octanol–water partition coefficient (Wildman–Crippen LogP) is 20.5. The monoisotopic (exact) mass is 1030 g/mol. The molecule has 0 N–H and O–H groups in total. The second-order valence-corrected chi connectivity index (χ2v) is 30.1. The van der Waals surface area contributed by atoms with Crippen LogP contribution < -0.4 is 0 Å². The summed E-state index contributed by atoms with van der Waals surface area (Å²) in [6.07, 6.45) is 59.0. The summed E-state index contributed by atoms with van der Waals surface area (Å²) in [6, 6.07) is 4.54. The van der Waals surface area contributed by atoms with Gasteiger partial charge in [0, 0.05) is 36.3 Å². The summed E-state index contributed by atoms with van der Waals surface area (Å²) >= 11 is 0. The molecule has 0 aromatic carbocycles. The van der Waals surface area contributed by atoms with Crippen LogP contribution in [0.2, 0.25) is 0 Å². The first-order valence-corrected chi connectivity index (χ1v) is 35.1. The van der Waals surface area contributed by atoms with E-state index in [9.17, 15) is 0 Å². The Morgan fingerprint density at radius 2 is 0.676 bits per heavy atom. The number of hydrogen-bond donors (Lipinski definition) is 0. The molecule has 10 saturated carbocycles.